The zero-order chi connectivity index (χ0) is 12.5. The average Bonchev–Trinajstić information content (AvgIpc) is 2.34. The van der Waals surface area contributed by atoms with Crippen LogP contribution in [0.2, 0.25) is 0 Å². The molecule has 92 valence electrons. The van der Waals surface area contributed by atoms with Crippen molar-refractivity contribution in [3.8, 4) is 0 Å². The lowest BCUT2D eigenvalue weighted by molar-refractivity contribution is -0.384. The van der Waals surface area contributed by atoms with Gasteiger partial charge in [0.2, 0.25) is 0 Å². The molecule has 0 bridgehead atoms. The summed E-state index contributed by atoms with van der Waals surface area (Å²) in [5.41, 5.74) is 0.0232. The largest absolute Gasteiger partial charge is 0.379 e. The Hall–Kier alpha value is -1.95. The summed E-state index contributed by atoms with van der Waals surface area (Å²) in [6.07, 6.45) is 4.00. The molecule has 0 saturated heterocycles. The van der Waals surface area contributed by atoms with Crippen molar-refractivity contribution in [2.45, 2.75) is 6.42 Å². The van der Waals surface area contributed by atoms with Gasteiger partial charge < -0.3 is 10.1 Å². The molecule has 0 aliphatic heterocycles. The lowest BCUT2D eigenvalue weighted by Crippen LogP contribution is -2.10. The minimum absolute atomic E-state index is 0.0232. The molecule has 1 rings (SSSR count). The Morgan fingerprint density at radius 1 is 1.59 bits per heavy atom. The Balaban J connectivity index is 2.29. The topological polar surface area (TPSA) is 77.3 Å². The van der Waals surface area contributed by atoms with E-state index in [1.807, 2.05) is 0 Å². The number of pyridine rings is 1. The molecule has 0 aliphatic rings. The number of aromatic nitrogens is 1. The maximum Gasteiger partial charge on any atom is 0.274 e. The van der Waals surface area contributed by atoms with E-state index in [0.717, 1.165) is 6.42 Å². The molecular formula is C11H15N3O3. The minimum Gasteiger partial charge on any atom is -0.379 e. The average molecular weight is 237 g/mol. The van der Waals surface area contributed by atoms with Gasteiger partial charge in [-0.2, -0.15) is 0 Å². The van der Waals surface area contributed by atoms with Crippen LogP contribution >= 0.6 is 0 Å². The van der Waals surface area contributed by atoms with Crippen molar-refractivity contribution in [2.75, 3.05) is 25.1 Å². The highest BCUT2D eigenvalue weighted by Crippen LogP contribution is 2.13. The van der Waals surface area contributed by atoms with Crippen LogP contribution in [0.25, 0.3) is 0 Å². The summed E-state index contributed by atoms with van der Waals surface area (Å²) in [7, 11) is 0. The quantitative estimate of drug-likeness (QED) is 0.324. The lowest BCUT2D eigenvalue weighted by Gasteiger charge is -2.05. The van der Waals surface area contributed by atoms with Gasteiger partial charge in [0.15, 0.2) is 0 Å². The Kier molecular flexibility index (Phi) is 5.67. The SMILES string of the molecule is C=CCCOCCNc1cc([N+](=O)[O-])ccn1. The number of nitrogens with zero attached hydrogens (tertiary/aromatic N) is 2. The Morgan fingerprint density at radius 3 is 3.12 bits per heavy atom. The smallest absolute Gasteiger partial charge is 0.274 e. The van der Waals surface area contributed by atoms with Crippen LogP contribution < -0.4 is 5.32 Å². The van der Waals surface area contributed by atoms with E-state index >= 15 is 0 Å². The van der Waals surface area contributed by atoms with Crippen LogP contribution in [-0.4, -0.2) is 29.7 Å². The first-order valence-electron chi connectivity index (χ1n) is 5.27. The normalized spacial score (nSPS) is 9.88. The summed E-state index contributed by atoms with van der Waals surface area (Å²) in [5.74, 6) is 0.478. The summed E-state index contributed by atoms with van der Waals surface area (Å²) in [4.78, 5) is 14.0. The molecule has 1 aromatic heterocycles. The predicted molar refractivity (Wildman–Crippen MR) is 65.0 cm³/mol. The van der Waals surface area contributed by atoms with Gasteiger partial charge in [-0.15, -0.1) is 6.58 Å². The molecule has 1 N–H and O–H groups in total. The molecule has 1 aromatic rings. The second kappa shape index (κ2) is 7.34. The van der Waals surface area contributed by atoms with Gasteiger partial charge in [0.25, 0.3) is 5.69 Å². The van der Waals surface area contributed by atoms with E-state index in [2.05, 4.69) is 16.9 Å². The number of hydrogen-bond donors (Lipinski definition) is 1. The van der Waals surface area contributed by atoms with Crippen molar-refractivity contribution in [1.82, 2.24) is 4.98 Å². The first kappa shape index (κ1) is 13.1. The summed E-state index contributed by atoms with van der Waals surface area (Å²) >= 11 is 0. The number of rotatable bonds is 8. The molecular weight excluding hydrogens is 222 g/mol. The van der Waals surface area contributed by atoms with E-state index in [0.29, 0.717) is 25.6 Å². The second-order valence-electron chi connectivity index (χ2n) is 3.27. The van der Waals surface area contributed by atoms with E-state index in [9.17, 15) is 10.1 Å². The standard InChI is InChI=1S/C11H15N3O3/c1-2-3-7-17-8-6-13-11-9-10(14(15)16)4-5-12-11/h2,4-5,9H,1,3,6-8H2,(H,12,13). The summed E-state index contributed by atoms with van der Waals surface area (Å²) in [6, 6.07) is 2.75. The molecule has 0 aromatic carbocycles. The molecule has 1 heterocycles. The number of anilines is 1. The van der Waals surface area contributed by atoms with Crippen LogP contribution in [-0.2, 0) is 4.74 Å². The summed E-state index contributed by atoms with van der Waals surface area (Å²) in [5, 5.41) is 13.5. The van der Waals surface area contributed by atoms with Crippen molar-refractivity contribution < 1.29 is 9.66 Å². The molecule has 0 unspecified atom stereocenters. The number of nitro groups is 1. The number of nitrogens with one attached hydrogen (secondary N) is 1. The zero-order valence-corrected chi connectivity index (χ0v) is 9.46. The maximum atomic E-state index is 10.5. The van der Waals surface area contributed by atoms with Crippen LogP contribution in [0, 0.1) is 10.1 Å². The molecule has 6 nitrogen and oxygen atoms in total. The highest BCUT2D eigenvalue weighted by molar-refractivity contribution is 5.44. The molecule has 17 heavy (non-hydrogen) atoms. The highest BCUT2D eigenvalue weighted by atomic mass is 16.6. The molecule has 0 amide bonds. The zero-order valence-electron chi connectivity index (χ0n) is 9.46. The van der Waals surface area contributed by atoms with Gasteiger partial charge in [-0.3, -0.25) is 10.1 Å². The van der Waals surface area contributed by atoms with E-state index < -0.39 is 4.92 Å². The fourth-order valence-electron chi connectivity index (χ4n) is 1.15. The molecule has 0 atom stereocenters. The maximum absolute atomic E-state index is 10.5. The Bertz CT molecular complexity index is 382. The second-order valence-corrected chi connectivity index (χ2v) is 3.27. The van der Waals surface area contributed by atoms with Crippen molar-refractivity contribution in [2.24, 2.45) is 0 Å². The molecule has 0 fully saturated rings. The van der Waals surface area contributed by atoms with Crippen molar-refractivity contribution >= 4 is 11.5 Å². The number of ether oxygens (including phenoxy) is 1. The third-order valence-corrected chi connectivity index (χ3v) is 1.97. The Labute approximate surface area is 99.5 Å². The summed E-state index contributed by atoms with van der Waals surface area (Å²) in [6.45, 7) is 5.30. The molecule has 0 radical (unpaired) electrons. The summed E-state index contributed by atoms with van der Waals surface area (Å²) < 4.78 is 5.28. The van der Waals surface area contributed by atoms with Gasteiger partial charge in [0, 0.05) is 18.8 Å². The minimum atomic E-state index is -0.451. The van der Waals surface area contributed by atoms with Gasteiger partial charge in [0.05, 0.1) is 24.2 Å². The molecule has 6 heteroatoms. The first-order valence-corrected chi connectivity index (χ1v) is 5.27. The third kappa shape index (κ3) is 5.07. The van der Waals surface area contributed by atoms with Crippen LogP contribution in [0.3, 0.4) is 0 Å². The van der Waals surface area contributed by atoms with E-state index in [1.165, 1.54) is 18.3 Å². The van der Waals surface area contributed by atoms with Crippen molar-refractivity contribution in [3.63, 3.8) is 0 Å². The lowest BCUT2D eigenvalue weighted by atomic mass is 10.4. The Morgan fingerprint density at radius 2 is 2.41 bits per heavy atom. The van der Waals surface area contributed by atoms with E-state index in [1.54, 1.807) is 6.08 Å². The monoisotopic (exact) mass is 237 g/mol. The van der Waals surface area contributed by atoms with Crippen LogP contribution in [0.4, 0.5) is 11.5 Å². The number of hydrogen-bond acceptors (Lipinski definition) is 5. The first-order chi connectivity index (χ1) is 8.24. The van der Waals surface area contributed by atoms with Gasteiger partial charge in [-0.1, -0.05) is 6.08 Å². The van der Waals surface area contributed by atoms with Crippen molar-refractivity contribution in [3.05, 3.63) is 41.1 Å². The fourth-order valence-corrected chi connectivity index (χ4v) is 1.15. The van der Waals surface area contributed by atoms with Crippen LogP contribution in [0.1, 0.15) is 6.42 Å². The van der Waals surface area contributed by atoms with Gasteiger partial charge in [-0.25, -0.2) is 4.98 Å². The van der Waals surface area contributed by atoms with Crippen molar-refractivity contribution in [1.29, 1.82) is 0 Å². The van der Waals surface area contributed by atoms with Crippen LogP contribution in [0.15, 0.2) is 31.0 Å². The van der Waals surface area contributed by atoms with Gasteiger partial charge in [0.1, 0.15) is 5.82 Å². The highest BCUT2D eigenvalue weighted by Gasteiger charge is 2.05. The molecule has 0 aliphatic carbocycles. The van der Waals surface area contributed by atoms with E-state index in [4.69, 9.17) is 4.74 Å². The van der Waals surface area contributed by atoms with E-state index in [-0.39, 0.29) is 5.69 Å². The molecule has 0 spiro atoms. The third-order valence-electron chi connectivity index (χ3n) is 1.97. The van der Waals surface area contributed by atoms with Gasteiger partial charge in [-0.05, 0) is 6.42 Å². The predicted octanol–water partition coefficient (Wildman–Crippen LogP) is 1.99. The fraction of sp³-hybridized carbons (Fsp3) is 0.364. The van der Waals surface area contributed by atoms with Gasteiger partial charge >= 0.3 is 0 Å². The molecule has 0 saturated carbocycles. The van der Waals surface area contributed by atoms with Crippen LogP contribution in [0.5, 0.6) is 0 Å².